The Morgan fingerprint density at radius 2 is 1.83 bits per heavy atom. The molecule has 0 aliphatic carbocycles. The maximum Gasteiger partial charge on any atom is 0.337 e. The number of benzene rings is 1. The molecule has 8 heteroatoms. The van der Waals surface area contributed by atoms with Crippen molar-refractivity contribution in [2.75, 3.05) is 11.6 Å². The molecule has 0 saturated heterocycles. The van der Waals surface area contributed by atoms with Gasteiger partial charge in [0.15, 0.2) is 0 Å². The number of carboxylic acid groups (broad SMARTS) is 1. The number of para-hydroxylation sites is 1. The minimum absolute atomic E-state index is 0.0362. The number of nitrogens with zero attached hydrogens (tertiary/aromatic N) is 2. The summed E-state index contributed by atoms with van der Waals surface area (Å²) in [6, 6.07) is 6.39. The normalized spacial score (nSPS) is 12.7. The molecule has 2 rings (SSSR count). The number of hydrazone groups is 1. The van der Waals surface area contributed by atoms with Crippen LogP contribution in [0.15, 0.2) is 29.4 Å². The molecule has 1 amide bonds. The molecular weight excluding hydrogens is 376 g/mol. The van der Waals surface area contributed by atoms with Crippen LogP contribution in [0.1, 0.15) is 69.7 Å². The second-order valence-corrected chi connectivity index (χ2v) is 6.39. The van der Waals surface area contributed by atoms with Crippen molar-refractivity contribution in [3.05, 3.63) is 29.8 Å². The molecule has 0 bridgehead atoms. The Hall–Kier alpha value is -3.03. The summed E-state index contributed by atoms with van der Waals surface area (Å²) in [5.41, 5.74) is 1.23. The molecule has 1 aromatic carbocycles. The van der Waals surface area contributed by atoms with Crippen LogP contribution in [-0.2, 0) is 19.1 Å². The van der Waals surface area contributed by atoms with E-state index in [0.717, 1.165) is 25.0 Å². The van der Waals surface area contributed by atoms with Gasteiger partial charge < -0.3 is 9.84 Å². The first kappa shape index (κ1) is 24.0. The van der Waals surface area contributed by atoms with Gasteiger partial charge in [0.1, 0.15) is 12.2 Å². The van der Waals surface area contributed by atoms with Gasteiger partial charge in [-0.2, -0.15) is 10.1 Å². The first-order chi connectivity index (χ1) is 13.8. The zero-order chi connectivity index (χ0) is 21.8. The largest absolute Gasteiger partial charge is 0.478 e. The van der Waals surface area contributed by atoms with Gasteiger partial charge in [0.25, 0.3) is 5.91 Å². The number of anilines is 1. The number of ketones is 1. The topological polar surface area (TPSA) is 113 Å². The predicted molar refractivity (Wildman–Crippen MR) is 109 cm³/mol. The number of hydrogen-bond donors (Lipinski definition) is 1. The van der Waals surface area contributed by atoms with E-state index in [4.69, 9.17) is 5.11 Å². The first-order valence-electron chi connectivity index (χ1n) is 9.72. The quantitative estimate of drug-likeness (QED) is 0.497. The van der Waals surface area contributed by atoms with Gasteiger partial charge in [-0.25, -0.2) is 4.79 Å². The van der Waals surface area contributed by atoms with Crippen molar-refractivity contribution in [3.8, 4) is 0 Å². The number of carbonyl (C=O) groups excluding carboxylic acids is 3. The molecule has 1 aliphatic rings. The minimum atomic E-state index is -1.06. The Bertz CT molecular complexity index is 756. The van der Waals surface area contributed by atoms with Crippen LogP contribution >= 0.6 is 0 Å². The lowest BCUT2D eigenvalue weighted by atomic mass is 10.1. The molecule has 8 nitrogen and oxygen atoms in total. The van der Waals surface area contributed by atoms with Gasteiger partial charge in [0, 0.05) is 12.1 Å². The van der Waals surface area contributed by atoms with Crippen molar-refractivity contribution in [1.82, 2.24) is 0 Å². The highest BCUT2D eigenvalue weighted by molar-refractivity contribution is 6.14. The molecule has 0 radical (unpaired) electrons. The fourth-order valence-electron chi connectivity index (χ4n) is 2.68. The molecule has 0 aromatic heterocycles. The van der Waals surface area contributed by atoms with Crippen LogP contribution < -0.4 is 5.01 Å². The van der Waals surface area contributed by atoms with Gasteiger partial charge in [-0.3, -0.25) is 14.4 Å². The summed E-state index contributed by atoms with van der Waals surface area (Å²) >= 11 is 0. The number of carbonyl (C=O) groups is 4. The molecule has 158 valence electrons. The second kappa shape index (κ2) is 12.4. The highest BCUT2D eigenvalue weighted by Crippen LogP contribution is 2.25. The Kier molecular flexibility index (Phi) is 10.3. The summed E-state index contributed by atoms with van der Waals surface area (Å²) in [7, 11) is 0. The molecule has 29 heavy (non-hydrogen) atoms. The smallest absolute Gasteiger partial charge is 0.337 e. The number of ether oxygens (including phenoxy) is 1. The summed E-state index contributed by atoms with van der Waals surface area (Å²) < 4.78 is 4.60. The molecule has 0 saturated carbocycles. The average molecular weight is 404 g/mol. The second-order valence-electron chi connectivity index (χ2n) is 6.39. The number of hydrogen-bond acceptors (Lipinski definition) is 6. The van der Waals surface area contributed by atoms with Gasteiger partial charge in [-0.05, 0) is 31.9 Å². The van der Waals surface area contributed by atoms with Crippen molar-refractivity contribution in [2.45, 2.75) is 59.3 Å². The van der Waals surface area contributed by atoms with Gasteiger partial charge in [0.2, 0.25) is 0 Å². The van der Waals surface area contributed by atoms with Crippen LogP contribution in [0.4, 0.5) is 5.69 Å². The number of aromatic carboxylic acids is 1. The Balaban J connectivity index is 0.000000331. The Morgan fingerprint density at radius 1 is 1.14 bits per heavy atom. The van der Waals surface area contributed by atoms with Gasteiger partial charge >= 0.3 is 11.9 Å². The summed E-state index contributed by atoms with van der Waals surface area (Å²) in [5.74, 6) is -1.68. The SMILES string of the molecule is CCCC(=O)CC(=O)OCC.CCCC1=NN(c2ccccc2C(=O)O)C(=O)C1. The molecule has 1 heterocycles. The van der Waals surface area contributed by atoms with E-state index in [1.165, 1.54) is 11.1 Å². The van der Waals surface area contributed by atoms with Crippen LogP contribution in [0.25, 0.3) is 0 Å². The van der Waals surface area contributed by atoms with E-state index in [-0.39, 0.29) is 30.1 Å². The lowest BCUT2D eigenvalue weighted by Crippen LogP contribution is -2.21. The predicted octanol–water partition coefficient (Wildman–Crippen LogP) is 3.59. The standard InChI is InChI=1S/C13H14N2O3.C8H14O3/c1-2-5-9-8-12(16)15(14-9)11-7-4-3-6-10(11)13(17)18;1-3-5-7(9)6-8(10)11-4-2/h3-4,6-7H,2,5,8H2,1H3,(H,17,18);3-6H2,1-2H3. The van der Waals surface area contributed by atoms with Crippen molar-refractivity contribution in [2.24, 2.45) is 5.10 Å². The Morgan fingerprint density at radius 3 is 2.41 bits per heavy atom. The van der Waals surface area contributed by atoms with Crippen LogP contribution in [-0.4, -0.2) is 41.1 Å². The average Bonchev–Trinajstić information content (AvgIpc) is 3.03. The molecule has 0 fully saturated rings. The van der Waals surface area contributed by atoms with Crippen molar-refractivity contribution >= 4 is 35.0 Å². The Labute approximate surface area is 170 Å². The van der Waals surface area contributed by atoms with Crippen LogP contribution in [0.5, 0.6) is 0 Å². The monoisotopic (exact) mass is 404 g/mol. The minimum Gasteiger partial charge on any atom is -0.478 e. The lowest BCUT2D eigenvalue weighted by molar-refractivity contribution is -0.145. The third-order valence-electron chi connectivity index (χ3n) is 3.91. The van der Waals surface area contributed by atoms with Crippen molar-refractivity contribution in [1.29, 1.82) is 0 Å². The number of carboxylic acids is 1. The van der Waals surface area contributed by atoms with Crippen LogP contribution in [0, 0.1) is 0 Å². The number of esters is 1. The summed E-state index contributed by atoms with van der Waals surface area (Å²) in [5, 5.41) is 14.5. The zero-order valence-electron chi connectivity index (χ0n) is 17.1. The van der Waals surface area contributed by atoms with Gasteiger partial charge in [-0.1, -0.05) is 32.4 Å². The third kappa shape index (κ3) is 7.85. The highest BCUT2D eigenvalue weighted by atomic mass is 16.5. The summed E-state index contributed by atoms with van der Waals surface area (Å²) in [6.45, 7) is 5.99. The first-order valence-corrected chi connectivity index (χ1v) is 9.72. The molecule has 0 atom stereocenters. The van der Waals surface area contributed by atoms with E-state index >= 15 is 0 Å². The molecule has 0 spiro atoms. The van der Waals surface area contributed by atoms with Gasteiger partial charge in [0.05, 0.1) is 24.3 Å². The number of rotatable bonds is 9. The van der Waals surface area contributed by atoms with Crippen molar-refractivity contribution < 1.29 is 29.0 Å². The van der Waals surface area contributed by atoms with E-state index in [0.29, 0.717) is 18.7 Å². The molecule has 1 aliphatic heterocycles. The summed E-state index contributed by atoms with van der Waals surface area (Å²) in [4.78, 5) is 44.5. The fourth-order valence-corrected chi connectivity index (χ4v) is 2.68. The number of Topliss-reactive ketones (excluding diaryl/α,β-unsaturated/α-hetero) is 1. The fraction of sp³-hybridized carbons (Fsp3) is 0.476. The summed E-state index contributed by atoms with van der Waals surface area (Å²) in [6.07, 6.45) is 3.15. The maximum atomic E-state index is 11.9. The van der Waals surface area contributed by atoms with E-state index in [1.807, 2.05) is 13.8 Å². The van der Waals surface area contributed by atoms with E-state index in [2.05, 4.69) is 9.84 Å². The molecule has 1 aromatic rings. The zero-order valence-corrected chi connectivity index (χ0v) is 17.1. The van der Waals surface area contributed by atoms with Crippen molar-refractivity contribution in [3.63, 3.8) is 0 Å². The van der Waals surface area contributed by atoms with E-state index in [9.17, 15) is 19.2 Å². The number of amides is 1. The highest BCUT2D eigenvalue weighted by Gasteiger charge is 2.27. The molecule has 1 N–H and O–H groups in total. The van der Waals surface area contributed by atoms with E-state index in [1.54, 1.807) is 25.1 Å². The van der Waals surface area contributed by atoms with Crippen LogP contribution in [0.3, 0.4) is 0 Å². The third-order valence-corrected chi connectivity index (χ3v) is 3.91. The molecule has 0 unspecified atom stereocenters. The van der Waals surface area contributed by atoms with Gasteiger partial charge in [-0.15, -0.1) is 0 Å². The lowest BCUT2D eigenvalue weighted by Gasteiger charge is -2.13. The van der Waals surface area contributed by atoms with Crippen LogP contribution in [0.2, 0.25) is 0 Å². The maximum absolute atomic E-state index is 11.9. The van der Waals surface area contributed by atoms with E-state index < -0.39 is 11.9 Å². The molecular formula is C21H28N2O6.